The second-order valence-corrected chi connectivity index (χ2v) is 8.88. The molecule has 0 atom stereocenters. The zero-order valence-electron chi connectivity index (χ0n) is 13.3. The van der Waals surface area contributed by atoms with Gasteiger partial charge in [-0.1, -0.05) is 23.7 Å². The first-order valence-electron chi connectivity index (χ1n) is 7.72. The highest BCUT2D eigenvalue weighted by atomic mass is 35.5. The Labute approximate surface area is 138 Å². The molecule has 1 aromatic rings. The maximum absolute atomic E-state index is 11.2. The van der Waals surface area contributed by atoms with Gasteiger partial charge in [-0.15, -0.1) is 0 Å². The Morgan fingerprint density at radius 1 is 1.32 bits per heavy atom. The predicted molar refractivity (Wildman–Crippen MR) is 92.2 cm³/mol. The number of sulfone groups is 1. The monoisotopic (exact) mass is 344 g/mol. The van der Waals surface area contributed by atoms with E-state index in [0.717, 1.165) is 43.1 Å². The first kappa shape index (κ1) is 17.7. The fraction of sp³-hybridized carbons (Fsp3) is 0.625. The van der Waals surface area contributed by atoms with Gasteiger partial charge in [-0.3, -0.25) is 0 Å². The Hall–Kier alpha value is -0.620. The predicted octanol–water partition coefficient (Wildman–Crippen LogP) is 2.25. The van der Waals surface area contributed by atoms with Crippen LogP contribution in [0.25, 0.3) is 0 Å². The maximum Gasteiger partial charge on any atom is 0.148 e. The number of halogens is 1. The minimum atomic E-state index is -2.86. The fourth-order valence-corrected chi connectivity index (χ4v) is 3.46. The lowest BCUT2D eigenvalue weighted by atomic mass is 10.0. The summed E-state index contributed by atoms with van der Waals surface area (Å²) in [7, 11) is -2.86. The van der Waals surface area contributed by atoms with Gasteiger partial charge in [-0.25, -0.2) is 8.42 Å². The second-order valence-electron chi connectivity index (χ2n) is 6.21. The van der Waals surface area contributed by atoms with Crippen LogP contribution in [0.2, 0.25) is 5.02 Å². The number of hydrogen-bond acceptors (Lipinski definition) is 4. The lowest BCUT2D eigenvalue weighted by Gasteiger charge is -2.32. The summed E-state index contributed by atoms with van der Waals surface area (Å²) in [5, 5.41) is 4.39. The Kier molecular flexibility index (Phi) is 6.26. The van der Waals surface area contributed by atoms with Crippen molar-refractivity contribution in [1.82, 2.24) is 10.2 Å². The Balaban J connectivity index is 1.72. The van der Waals surface area contributed by atoms with Crippen LogP contribution in [0, 0.1) is 6.92 Å². The lowest BCUT2D eigenvalue weighted by Crippen LogP contribution is -2.43. The number of rotatable bonds is 6. The van der Waals surface area contributed by atoms with Crippen molar-refractivity contribution in [3.8, 4) is 0 Å². The Morgan fingerprint density at radius 2 is 2.00 bits per heavy atom. The van der Waals surface area contributed by atoms with Gasteiger partial charge >= 0.3 is 0 Å². The van der Waals surface area contributed by atoms with Crippen molar-refractivity contribution in [2.75, 3.05) is 31.6 Å². The summed E-state index contributed by atoms with van der Waals surface area (Å²) in [6.07, 6.45) is 3.42. The van der Waals surface area contributed by atoms with Gasteiger partial charge in [0.05, 0.1) is 5.75 Å². The van der Waals surface area contributed by atoms with Gasteiger partial charge in [0.25, 0.3) is 0 Å². The summed E-state index contributed by atoms with van der Waals surface area (Å²) in [5.74, 6) is 0.257. The number of benzene rings is 1. The van der Waals surface area contributed by atoms with Crippen LogP contribution in [-0.4, -0.2) is 51.0 Å². The fourth-order valence-electron chi connectivity index (χ4n) is 2.66. The minimum absolute atomic E-state index is 0.257. The largest absolute Gasteiger partial charge is 0.310 e. The van der Waals surface area contributed by atoms with Gasteiger partial charge in [0.15, 0.2) is 0 Å². The second kappa shape index (κ2) is 7.77. The Bertz CT molecular complexity index is 596. The van der Waals surface area contributed by atoms with Crippen LogP contribution in [0.1, 0.15) is 24.0 Å². The summed E-state index contributed by atoms with van der Waals surface area (Å²) < 4.78 is 22.4. The molecule has 6 heteroatoms. The molecule has 1 aromatic carbocycles. The molecular formula is C16H25ClN2O2S. The van der Waals surface area contributed by atoms with Crippen LogP contribution >= 0.6 is 11.6 Å². The minimum Gasteiger partial charge on any atom is -0.310 e. The molecule has 0 amide bonds. The summed E-state index contributed by atoms with van der Waals surface area (Å²) in [5.41, 5.74) is 2.31. The Morgan fingerprint density at radius 3 is 2.59 bits per heavy atom. The van der Waals surface area contributed by atoms with Gasteiger partial charge in [0, 0.05) is 30.4 Å². The molecule has 1 fully saturated rings. The van der Waals surface area contributed by atoms with Gasteiger partial charge < -0.3 is 10.2 Å². The van der Waals surface area contributed by atoms with Crippen molar-refractivity contribution in [3.63, 3.8) is 0 Å². The molecule has 4 nitrogen and oxygen atoms in total. The highest BCUT2D eigenvalue weighted by molar-refractivity contribution is 7.90. The van der Waals surface area contributed by atoms with Crippen LogP contribution < -0.4 is 5.32 Å². The molecule has 0 unspecified atom stereocenters. The van der Waals surface area contributed by atoms with E-state index < -0.39 is 9.84 Å². The molecule has 0 bridgehead atoms. The number of nitrogens with one attached hydrogen (secondary N) is 1. The third-order valence-electron chi connectivity index (χ3n) is 4.20. The maximum atomic E-state index is 11.2. The normalized spacial score (nSPS) is 17.8. The summed E-state index contributed by atoms with van der Waals surface area (Å²) in [6, 6.07) is 6.67. The smallest absolute Gasteiger partial charge is 0.148 e. The molecule has 0 saturated carbocycles. The van der Waals surface area contributed by atoms with Crippen LogP contribution in [0.4, 0.5) is 0 Å². The molecule has 22 heavy (non-hydrogen) atoms. The van der Waals surface area contributed by atoms with Crippen molar-refractivity contribution < 1.29 is 8.42 Å². The van der Waals surface area contributed by atoms with Crippen molar-refractivity contribution in [3.05, 3.63) is 34.3 Å². The van der Waals surface area contributed by atoms with Crippen LogP contribution in [0.5, 0.6) is 0 Å². The van der Waals surface area contributed by atoms with E-state index >= 15 is 0 Å². The van der Waals surface area contributed by atoms with E-state index in [0.29, 0.717) is 12.6 Å². The quantitative estimate of drug-likeness (QED) is 0.860. The third-order valence-corrected chi connectivity index (χ3v) is 5.53. The molecule has 1 saturated heterocycles. The number of nitrogens with zero attached hydrogens (tertiary/aromatic N) is 1. The number of hydrogen-bond donors (Lipinski definition) is 1. The summed E-state index contributed by atoms with van der Waals surface area (Å²) in [4.78, 5) is 2.24. The topological polar surface area (TPSA) is 49.4 Å². The van der Waals surface area contributed by atoms with E-state index in [2.05, 4.69) is 16.3 Å². The van der Waals surface area contributed by atoms with Gasteiger partial charge in [0.2, 0.25) is 0 Å². The molecule has 1 aliphatic rings. The number of aryl methyl sites for hydroxylation is 1. The molecule has 124 valence electrons. The molecule has 0 radical (unpaired) electrons. The molecule has 0 spiro atoms. The van der Waals surface area contributed by atoms with Crippen molar-refractivity contribution in [2.24, 2.45) is 0 Å². The standard InChI is InChI=1S/C16H25ClN2O2S/c1-13-3-4-14(11-16(13)17)12-18-15-5-7-19(8-6-15)9-10-22(2,20)21/h3-4,11,15,18H,5-10,12H2,1-2H3. The van der Waals surface area contributed by atoms with Crippen LogP contribution in [0.3, 0.4) is 0 Å². The molecule has 0 aromatic heterocycles. The van der Waals surface area contributed by atoms with E-state index in [1.54, 1.807) is 0 Å². The van der Waals surface area contributed by atoms with E-state index in [1.165, 1.54) is 11.8 Å². The zero-order chi connectivity index (χ0) is 16.2. The molecule has 1 N–H and O–H groups in total. The molecule has 0 aliphatic carbocycles. The van der Waals surface area contributed by atoms with Crippen molar-refractivity contribution in [1.29, 1.82) is 0 Å². The number of likely N-dealkylation sites (tertiary alicyclic amines) is 1. The molecular weight excluding hydrogens is 320 g/mol. The van der Waals surface area contributed by atoms with Crippen molar-refractivity contribution in [2.45, 2.75) is 32.4 Å². The van der Waals surface area contributed by atoms with Gasteiger partial charge in [-0.2, -0.15) is 0 Å². The molecule has 2 rings (SSSR count). The van der Waals surface area contributed by atoms with E-state index in [1.807, 2.05) is 19.1 Å². The van der Waals surface area contributed by atoms with E-state index in [4.69, 9.17) is 11.6 Å². The lowest BCUT2D eigenvalue weighted by molar-refractivity contribution is 0.206. The highest BCUT2D eigenvalue weighted by Gasteiger charge is 2.19. The molecule has 1 aliphatic heterocycles. The molecule has 1 heterocycles. The summed E-state index contributed by atoms with van der Waals surface area (Å²) in [6.45, 7) is 5.41. The zero-order valence-corrected chi connectivity index (χ0v) is 14.9. The van der Waals surface area contributed by atoms with Crippen molar-refractivity contribution >= 4 is 21.4 Å². The van der Waals surface area contributed by atoms with E-state index in [9.17, 15) is 8.42 Å². The van der Waals surface area contributed by atoms with Gasteiger partial charge in [-0.05, 0) is 50.0 Å². The van der Waals surface area contributed by atoms with Crippen LogP contribution in [-0.2, 0) is 16.4 Å². The SMILES string of the molecule is Cc1ccc(CNC2CCN(CCS(C)(=O)=O)CC2)cc1Cl. The number of piperidine rings is 1. The highest BCUT2D eigenvalue weighted by Crippen LogP contribution is 2.17. The summed E-state index contributed by atoms with van der Waals surface area (Å²) >= 11 is 6.14. The average Bonchev–Trinajstić information content (AvgIpc) is 2.47. The van der Waals surface area contributed by atoms with Crippen LogP contribution in [0.15, 0.2) is 18.2 Å². The third kappa shape index (κ3) is 5.88. The first-order valence-corrected chi connectivity index (χ1v) is 10.2. The van der Waals surface area contributed by atoms with E-state index in [-0.39, 0.29) is 5.75 Å². The van der Waals surface area contributed by atoms with Gasteiger partial charge in [0.1, 0.15) is 9.84 Å². The first-order chi connectivity index (χ1) is 10.3. The average molecular weight is 345 g/mol.